The molecule has 0 bridgehead atoms. The standard InChI is InChI=1S/C21H35N3O3/c1-6-15-27-21(22-17(4)11-10-14-24(7-2)8-3)23-20(25)18-12-9-13-19(16-18)26-5/h9,12-13,16-17H,6-8,10-11,14-15H2,1-5H3,(H,22,23,25)/t17-/m1/s1. The first kappa shape index (κ1) is 23.0. The van der Waals surface area contributed by atoms with Crippen molar-refractivity contribution in [2.45, 2.75) is 53.0 Å². The summed E-state index contributed by atoms with van der Waals surface area (Å²) in [4.78, 5) is 19.5. The quantitative estimate of drug-likeness (QED) is 0.472. The Hall–Kier alpha value is -2.08. The number of methoxy groups -OCH3 is 1. The molecule has 0 aromatic heterocycles. The minimum Gasteiger partial charge on any atom is -0.497 e. The van der Waals surface area contributed by atoms with E-state index in [0.29, 0.717) is 23.9 Å². The maximum absolute atomic E-state index is 12.5. The number of hydrogen-bond donors (Lipinski definition) is 1. The molecule has 1 rings (SSSR count). The molecular weight excluding hydrogens is 342 g/mol. The number of nitrogens with zero attached hydrogens (tertiary/aromatic N) is 2. The van der Waals surface area contributed by atoms with Gasteiger partial charge in [0.2, 0.25) is 0 Å². The van der Waals surface area contributed by atoms with Crippen molar-refractivity contribution in [3.63, 3.8) is 0 Å². The van der Waals surface area contributed by atoms with Crippen molar-refractivity contribution in [1.29, 1.82) is 0 Å². The summed E-state index contributed by atoms with van der Waals surface area (Å²) < 4.78 is 10.8. The molecule has 27 heavy (non-hydrogen) atoms. The zero-order valence-corrected chi connectivity index (χ0v) is 17.5. The Bertz CT molecular complexity index is 586. The van der Waals surface area contributed by atoms with Gasteiger partial charge in [0.15, 0.2) is 0 Å². The normalized spacial score (nSPS) is 12.7. The lowest BCUT2D eigenvalue weighted by Crippen LogP contribution is -2.34. The number of ether oxygens (including phenoxy) is 2. The highest BCUT2D eigenvalue weighted by atomic mass is 16.5. The van der Waals surface area contributed by atoms with E-state index in [0.717, 1.165) is 38.9 Å². The largest absolute Gasteiger partial charge is 0.497 e. The predicted octanol–water partition coefficient (Wildman–Crippen LogP) is 3.72. The molecule has 0 radical (unpaired) electrons. The number of carbonyl (C=O) groups excluding carboxylic acids is 1. The molecule has 0 saturated carbocycles. The van der Waals surface area contributed by atoms with Gasteiger partial charge < -0.3 is 14.4 Å². The van der Waals surface area contributed by atoms with Crippen LogP contribution in [0.25, 0.3) is 0 Å². The van der Waals surface area contributed by atoms with Crippen molar-refractivity contribution >= 4 is 11.9 Å². The molecule has 1 amide bonds. The summed E-state index contributed by atoms with van der Waals surface area (Å²) in [5, 5.41) is 2.79. The van der Waals surface area contributed by atoms with Gasteiger partial charge in [0.25, 0.3) is 11.9 Å². The van der Waals surface area contributed by atoms with E-state index in [2.05, 4.69) is 36.0 Å². The molecular formula is C21H35N3O3. The molecule has 152 valence electrons. The minimum atomic E-state index is -0.251. The molecule has 0 heterocycles. The van der Waals surface area contributed by atoms with Crippen LogP contribution in [0.4, 0.5) is 0 Å². The molecule has 1 atom stereocenters. The molecule has 0 spiro atoms. The van der Waals surface area contributed by atoms with Crippen molar-refractivity contribution < 1.29 is 14.3 Å². The summed E-state index contributed by atoms with van der Waals surface area (Å²) in [6, 6.07) is 7.39. The number of amides is 1. The van der Waals surface area contributed by atoms with Gasteiger partial charge in [-0.1, -0.05) is 26.8 Å². The molecule has 0 fully saturated rings. The Morgan fingerprint density at radius 2 is 2.00 bits per heavy atom. The average Bonchev–Trinajstić information content (AvgIpc) is 2.69. The molecule has 6 heteroatoms. The molecule has 0 unspecified atom stereocenters. The number of nitrogens with one attached hydrogen (secondary N) is 1. The molecule has 0 saturated heterocycles. The van der Waals surface area contributed by atoms with Gasteiger partial charge in [-0.2, -0.15) is 0 Å². The Morgan fingerprint density at radius 1 is 1.26 bits per heavy atom. The summed E-state index contributed by atoms with van der Waals surface area (Å²) in [5.74, 6) is 0.388. The van der Waals surface area contributed by atoms with Crippen LogP contribution < -0.4 is 10.1 Å². The zero-order valence-electron chi connectivity index (χ0n) is 17.5. The highest BCUT2D eigenvalue weighted by Crippen LogP contribution is 2.12. The highest BCUT2D eigenvalue weighted by molar-refractivity contribution is 6.04. The minimum absolute atomic E-state index is 0.0815. The molecule has 1 aromatic carbocycles. The van der Waals surface area contributed by atoms with E-state index >= 15 is 0 Å². The molecule has 0 aliphatic heterocycles. The summed E-state index contributed by atoms with van der Waals surface area (Å²) >= 11 is 0. The summed E-state index contributed by atoms with van der Waals surface area (Å²) in [6.07, 6.45) is 2.87. The summed E-state index contributed by atoms with van der Waals surface area (Å²) in [6.45, 7) is 12.1. The van der Waals surface area contributed by atoms with E-state index in [9.17, 15) is 4.79 Å². The second-order valence-corrected chi connectivity index (χ2v) is 6.49. The van der Waals surface area contributed by atoms with Crippen LogP contribution in [0.1, 0.15) is 57.3 Å². The van der Waals surface area contributed by atoms with Crippen LogP contribution in [0.3, 0.4) is 0 Å². The zero-order chi connectivity index (χ0) is 20.1. The maximum Gasteiger partial charge on any atom is 0.291 e. The third kappa shape index (κ3) is 8.91. The van der Waals surface area contributed by atoms with Crippen LogP contribution in [0.15, 0.2) is 29.3 Å². The SMILES string of the molecule is CCCOC(=N[C@H](C)CCCN(CC)CC)NC(=O)c1cccc(OC)c1. The number of hydrogen-bond acceptors (Lipinski definition) is 5. The van der Waals surface area contributed by atoms with Crippen LogP contribution >= 0.6 is 0 Å². The number of benzene rings is 1. The second-order valence-electron chi connectivity index (χ2n) is 6.49. The van der Waals surface area contributed by atoms with Crippen LogP contribution in [-0.2, 0) is 4.74 Å². The first-order valence-corrected chi connectivity index (χ1v) is 9.92. The van der Waals surface area contributed by atoms with Crippen LogP contribution in [-0.4, -0.2) is 56.2 Å². The van der Waals surface area contributed by atoms with E-state index in [4.69, 9.17) is 9.47 Å². The third-order valence-corrected chi connectivity index (χ3v) is 4.32. The van der Waals surface area contributed by atoms with Crippen LogP contribution in [0, 0.1) is 0 Å². The first-order chi connectivity index (χ1) is 13.0. The number of rotatable bonds is 11. The third-order valence-electron chi connectivity index (χ3n) is 4.32. The average molecular weight is 378 g/mol. The number of aliphatic imine (C=N–C) groups is 1. The van der Waals surface area contributed by atoms with Gasteiger partial charge in [0.1, 0.15) is 5.75 Å². The van der Waals surface area contributed by atoms with Gasteiger partial charge in [-0.05, 0) is 64.0 Å². The van der Waals surface area contributed by atoms with Crippen molar-refractivity contribution in [1.82, 2.24) is 10.2 Å². The van der Waals surface area contributed by atoms with E-state index in [1.807, 2.05) is 6.92 Å². The first-order valence-electron chi connectivity index (χ1n) is 9.92. The Balaban J connectivity index is 2.69. The lowest BCUT2D eigenvalue weighted by atomic mass is 10.2. The van der Waals surface area contributed by atoms with Gasteiger partial charge in [0, 0.05) is 5.56 Å². The fraction of sp³-hybridized carbons (Fsp3) is 0.619. The molecule has 1 N–H and O–H groups in total. The topological polar surface area (TPSA) is 63.2 Å². The summed E-state index contributed by atoms with van der Waals surface area (Å²) in [5.41, 5.74) is 0.510. The van der Waals surface area contributed by atoms with Gasteiger partial charge in [-0.25, -0.2) is 4.99 Å². The van der Waals surface area contributed by atoms with E-state index < -0.39 is 0 Å². The van der Waals surface area contributed by atoms with Crippen molar-refractivity contribution in [3.05, 3.63) is 29.8 Å². The second kappa shape index (κ2) is 13.1. The predicted molar refractivity (Wildman–Crippen MR) is 111 cm³/mol. The van der Waals surface area contributed by atoms with Gasteiger partial charge in [-0.3, -0.25) is 10.1 Å². The monoisotopic (exact) mass is 377 g/mol. The van der Waals surface area contributed by atoms with Crippen molar-refractivity contribution in [3.8, 4) is 5.75 Å². The fourth-order valence-corrected chi connectivity index (χ4v) is 2.65. The number of amidine groups is 1. The van der Waals surface area contributed by atoms with E-state index in [1.54, 1.807) is 31.4 Å². The van der Waals surface area contributed by atoms with Crippen molar-refractivity contribution in [2.75, 3.05) is 33.4 Å². The maximum atomic E-state index is 12.5. The smallest absolute Gasteiger partial charge is 0.291 e. The van der Waals surface area contributed by atoms with Gasteiger partial charge >= 0.3 is 0 Å². The Kier molecular flexibility index (Phi) is 11.2. The Morgan fingerprint density at radius 3 is 2.63 bits per heavy atom. The molecule has 1 aromatic rings. The highest BCUT2D eigenvalue weighted by Gasteiger charge is 2.12. The summed E-state index contributed by atoms with van der Waals surface area (Å²) in [7, 11) is 1.58. The molecule has 0 aliphatic rings. The van der Waals surface area contributed by atoms with Crippen LogP contribution in [0.2, 0.25) is 0 Å². The Labute approximate surface area is 163 Å². The fourth-order valence-electron chi connectivity index (χ4n) is 2.65. The van der Waals surface area contributed by atoms with E-state index in [-0.39, 0.29) is 11.9 Å². The molecule has 0 aliphatic carbocycles. The number of carbonyl (C=O) groups is 1. The lowest BCUT2D eigenvalue weighted by molar-refractivity contribution is 0.0964. The van der Waals surface area contributed by atoms with E-state index in [1.165, 1.54) is 0 Å². The lowest BCUT2D eigenvalue weighted by Gasteiger charge is -2.18. The van der Waals surface area contributed by atoms with Crippen LogP contribution in [0.5, 0.6) is 5.75 Å². The van der Waals surface area contributed by atoms with Crippen molar-refractivity contribution in [2.24, 2.45) is 4.99 Å². The molecule has 6 nitrogen and oxygen atoms in total. The van der Waals surface area contributed by atoms with Gasteiger partial charge in [0.05, 0.1) is 19.8 Å². The van der Waals surface area contributed by atoms with Gasteiger partial charge in [-0.15, -0.1) is 0 Å².